The number of rotatable bonds is 3. The number of nitrogens with zero attached hydrogens (tertiary/aromatic N) is 5. The summed E-state index contributed by atoms with van der Waals surface area (Å²) in [5.41, 5.74) is -1.02. The maximum Gasteiger partial charge on any atom is 0.253 e. The van der Waals surface area contributed by atoms with Crippen LogP contribution in [-0.4, -0.2) is 49.4 Å². The van der Waals surface area contributed by atoms with Gasteiger partial charge in [-0.15, -0.1) is 10.2 Å². The van der Waals surface area contributed by atoms with Gasteiger partial charge in [-0.1, -0.05) is 0 Å². The van der Waals surface area contributed by atoms with E-state index in [0.717, 1.165) is 6.07 Å². The van der Waals surface area contributed by atoms with Gasteiger partial charge in [0.05, 0.1) is 17.7 Å². The lowest BCUT2D eigenvalue weighted by Crippen LogP contribution is -2.51. The van der Waals surface area contributed by atoms with Gasteiger partial charge in [0.2, 0.25) is 0 Å². The molecule has 2 heterocycles. The van der Waals surface area contributed by atoms with Gasteiger partial charge in [0.1, 0.15) is 24.0 Å². The fourth-order valence-electron chi connectivity index (χ4n) is 3.12. The normalized spacial score (nSPS) is 20.3. The van der Waals surface area contributed by atoms with E-state index in [9.17, 15) is 14.3 Å². The molecule has 1 aromatic carbocycles. The van der Waals surface area contributed by atoms with E-state index in [1.54, 1.807) is 24.0 Å². The Balaban J connectivity index is 1.78. The highest BCUT2D eigenvalue weighted by Crippen LogP contribution is 2.26. The average Bonchev–Trinajstić information content (AvgIpc) is 2.99. The van der Waals surface area contributed by atoms with Crippen molar-refractivity contribution in [2.45, 2.75) is 24.9 Å². The molecule has 7 nitrogen and oxygen atoms in total. The average molecular weight is 343 g/mol. The van der Waals surface area contributed by atoms with Crippen LogP contribution in [0.3, 0.4) is 0 Å². The first-order valence-corrected chi connectivity index (χ1v) is 7.96. The van der Waals surface area contributed by atoms with Crippen LogP contribution in [0, 0.1) is 17.1 Å². The second-order valence-electron chi connectivity index (χ2n) is 6.40. The molecule has 130 valence electrons. The number of hydrogen-bond acceptors (Lipinski definition) is 5. The van der Waals surface area contributed by atoms with Crippen molar-refractivity contribution in [1.82, 2.24) is 19.7 Å². The maximum absolute atomic E-state index is 13.4. The fourth-order valence-corrected chi connectivity index (χ4v) is 3.12. The Morgan fingerprint density at radius 2 is 2.32 bits per heavy atom. The topological polar surface area (TPSA) is 95.0 Å². The van der Waals surface area contributed by atoms with Gasteiger partial charge in [0, 0.05) is 25.6 Å². The number of hydrogen-bond donors (Lipinski definition) is 1. The number of halogens is 1. The lowest BCUT2D eigenvalue weighted by atomic mass is 9.89. The summed E-state index contributed by atoms with van der Waals surface area (Å²) in [5, 5.41) is 27.6. The molecule has 0 aliphatic carbocycles. The predicted octanol–water partition coefficient (Wildman–Crippen LogP) is 1.04. The van der Waals surface area contributed by atoms with Crippen LogP contribution in [0.1, 0.15) is 34.6 Å². The van der Waals surface area contributed by atoms with Gasteiger partial charge in [-0.2, -0.15) is 5.26 Å². The number of carbonyl (C=O) groups is 1. The van der Waals surface area contributed by atoms with E-state index in [1.807, 2.05) is 0 Å². The molecule has 0 radical (unpaired) electrons. The van der Waals surface area contributed by atoms with E-state index in [2.05, 4.69) is 10.2 Å². The summed E-state index contributed by atoms with van der Waals surface area (Å²) in [6, 6.07) is 5.45. The van der Waals surface area contributed by atoms with Crippen molar-refractivity contribution in [3.05, 3.63) is 47.3 Å². The monoisotopic (exact) mass is 343 g/mol. The van der Waals surface area contributed by atoms with Crippen molar-refractivity contribution in [3.8, 4) is 6.07 Å². The number of benzene rings is 1. The number of aryl methyl sites for hydroxylation is 1. The minimum absolute atomic E-state index is 0.151. The Hall–Kier alpha value is -2.79. The van der Waals surface area contributed by atoms with Crippen molar-refractivity contribution in [1.29, 1.82) is 5.26 Å². The Morgan fingerprint density at radius 1 is 1.52 bits per heavy atom. The number of aromatic nitrogens is 3. The molecule has 0 spiro atoms. The van der Waals surface area contributed by atoms with Gasteiger partial charge in [0.25, 0.3) is 5.91 Å². The molecule has 1 aliphatic heterocycles. The van der Waals surface area contributed by atoms with Gasteiger partial charge in [0.15, 0.2) is 0 Å². The number of piperidine rings is 1. The van der Waals surface area contributed by atoms with Crippen LogP contribution in [0.5, 0.6) is 0 Å². The summed E-state index contributed by atoms with van der Waals surface area (Å²) < 4.78 is 15.2. The molecule has 0 bridgehead atoms. The minimum Gasteiger partial charge on any atom is -0.388 e. The molecular formula is C17H18FN5O2. The molecule has 1 N–H and O–H groups in total. The Bertz CT molecular complexity index is 844. The predicted molar refractivity (Wildman–Crippen MR) is 85.9 cm³/mol. The summed E-state index contributed by atoms with van der Waals surface area (Å²) in [7, 11) is 1.80. The van der Waals surface area contributed by atoms with Crippen LogP contribution in [0.15, 0.2) is 24.5 Å². The van der Waals surface area contributed by atoms with Crippen molar-refractivity contribution >= 4 is 5.91 Å². The zero-order valence-electron chi connectivity index (χ0n) is 13.8. The van der Waals surface area contributed by atoms with Crippen LogP contribution in [0.4, 0.5) is 4.39 Å². The van der Waals surface area contributed by atoms with Gasteiger partial charge in [-0.3, -0.25) is 4.79 Å². The largest absolute Gasteiger partial charge is 0.388 e. The molecule has 1 fully saturated rings. The van der Waals surface area contributed by atoms with Crippen molar-refractivity contribution in [2.75, 3.05) is 13.1 Å². The molecule has 8 heteroatoms. The summed E-state index contributed by atoms with van der Waals surface area (Å²) in [6.07, 6.45) is 3.05. The van der Waals surface area contributed by atoms with Gasteiger partial charge in [-0.05, 0) is 31.0 Å². The van der Waals surface area contributed by atoms with Crippen LogP contribution in [0.2, 0.25) is 0 Å². The molecule has 1 saturated heterocycles. The number of β-amino-alcohol motifs (C(OH)–C–C–N with tert-alkyl or cyclic N) is 1. The highest BCUT2D eigenvalue weighted by Gasteiger charge is 2.36. The number of amides is 1. The van der Waals surface area contributed by atoms with Crippen molar-refractivity contribution < 1.29 is 14.3 Å². The highest BCUT2D eigenvalue weighted by molar-refractivity contribution is 5.94. The fraction of sp³-hybridized carbons (Fsp3) is 0.412. The standard InChI is InChI=1S/C17H18FN5O2/c1-22-11-20-21-15(22)8-17(25)5-2-6-23(10-17)16(24)12-3-4-14(18)13(7-12)9-19/h3-4,7,11,25H,2,5-6,8,10H2,1H3. The SMILES string of the molecule is Cn1cnnc1CC1(O)CCCN(C(=O)c2ccc(F)c(C#N)c2)C1. The summed E-state index contributed by atoms with van der Waals surface area (Å²) >= 11 is 0. The lowest BCUT2D eigenvalue weighted by molar-refractivity contribution is -0.0258. The number of aliphatic hydroxyl groups is 1. The smallest absolute Gasteiger partial charge is 0.253 e. The van der Waals surface area contributed by atoms with Crippen molar-refractivity contribution in [3.63, 3.8) is 0 Å². The van der Waals surface area contributed by atoms with Crippen LogP contribution in [0.25, 0.3) is 0 Å². The summed E-state index contributed by atoms with van der Waals surface area (Å²) in [5.74, 6) is -0.339. The third-order valence-electron chi connectivity index (χ3n) is 4.47. The van der Waals surface area contributed by atoms with Gasteiger partial charge in [-0.25, -0.2) is 4.39 Å². The molecule has 2 aromatic rings. The Kier molecular flexibility index (Phi) is 4.51. The zero-order valence-corrected chi connectivity index (χ0v) is 13.8. The first-order valence-electron chi connectivity index (χ1n) is 7.96. The Labute approximate surface area is 144 Å². The maximum atomic E-state index is 13.4. The molecule has 1 unspecified atom stereocenters. The number of likely N-dealkylation sites (tertiary alicyclic amines) is 1. The first-order chi connectivity index (χ1) is 11.9. The van der Waals surface area contributed by atoms with Crippen LogP contribution >= 0.6 is 0 Å². The first kappa shape index (κ1) is 17.0. The Morgan fingerprint density at radius 3 is 3.00 bits per heavy atom. The van der Waals surface area contributed by atoms with E-state index < -0.39 is 11.4 Å². The van der Waals surface area contributed by atoms with Crippen LogP contribution in [-0.2, 0) is 13.5 Å². The van der Waals surface area contributed by atoms with E-state index in [1.165, 1.54) is 17.0 Å². The van der Waals surface area contributed by atoms with Gasteiger partial charge >= 0.3 is 0 Å². The molecule has 1 atom stereocenters. The molecule has 0 saturated carbocycles. The lowest BCUT2D eigenvalue weighted by Gasteiger charge is -2.39. The summed E-state index contributed by atoms with van der Waals surface area (Å²) in [6.45, 7) is 0.650. The zero-order chi connectivity index (χ0) is 18.0. The molecule has 25 heavy (non-hydrogen) atoms. The van der Waals surface area contributed by atoms with E-state index in [-0.39, 0.29) is 23.6 Å². The molecule has 3 rings (SSSR count). The van der Waals surface area contributed by atoms with Crippen LogP contribution < -0.4 is 0 Å². The van der Waals surface area contributed by atoms with Crippen molar-refractivity contribution in [2.24, 2.45) is 7.05 Å². The summed E-state index contributed by atoms with van der Waals surface area (Å²) in [4.78, 5) is 14.2. The quantitative estimate of drug-likeness (QED) is 0.898. The molecular weight excluding hydrogens is 325 g/mol. The second kappa shape index (κ2) is 6.61. The van der Waals surface area contributed by atoms with E-state index >= 15 is 0 Å². The second-order valence-corrected chi connectivity index (χ2v) is 6.40. The number of carbonyl (C=O) groups excluding carboxylic acids is 1. The van der Waals surface area contributed by atoms with E-state index in [0.29, 0.717) is 31.6 Å². The minimum atomic E-state index is -1.09. The third kappa shape index (κ3) is 3.51. The highest BCUT2D eigenvalue weighted by atomic mass is 19.1. The third-order valence-corrected chi connectivity index (χ3v) is 4.47. The molecule has 1 aromatic heterocycles. The van der Waals surface area contributed by atoms with E-state index in [4.69, 9.17) is 5.26 Å². The van der Waals surface area contributed by atoms with Gasteiger partial charge < -0.3 is 14.6 Å². The molecule has 1 amide bonds. The number of nitriles is 1. The molecule has 1 aliphatic rings.